The van der Waals surface area contributed by atoms with E-state index in [-0.39, 0.29) is 12.5 Å². The minimum atomic E-state index is -0.647. The second-order valence-corrected chi connectivity index (χ2v) is 6.01. The molecule has 4 N–H and O–H groups in total. The fourth-order valence-corrected chi connectivity index (χ4v) is 3.00. The molecular formula is C17H25N3O3. The molecule has 1 unspecified atom stereocenters. The van der Waals surface area contributed by atoms with Gasteiger partial charge in [0, 0.05) is 0 Å². The molecule has 1 fully saturated rings. The van der Waals surface area contributed by atoms with E-state index in [1.807, 2.05) is 30.3 Å². The second-order valence-electron chi connectivity index (χ2n) is 6.01. The highest BCUT2D eigenvalue weighted by Gasteiger charge is 2.25. The van der Waals surface area contributed by atoms with Gasteiger partial charge in [-0.25, -0.2) is 10.6 Å². The molecule has 1 saturated carbocycles. The minimum Gasteiger partial charge on any atom is -0.445 e. The first-order chi connectivity index (χ1) is 11.2. The molecule has 6 nitrogen and oxygen atoms in total. The SMILES string of the molecule is NNC(=O)C(CC1CCCCC1)NC(=O)OCc1ccccc1. The average Bonchev–Trinajstić information content (AvgIpc) is 2.60. The van der Waals surface area contributed by atoms with Crippen LogP contribution in [0.1, 0.15) is 44.1 Å². The zero-order valence-corrected chi connectivity index (χ0v) is 13.3. The number of nitrogens with one attached hydrogen (secondary N) is 2. The van der Waals surface area contributed by atoms with Crippen LogP contribution >= 0.6 is 0 Å². The maximum absolute atomic E-state index is 11.9. The molecule has 1 aliphatic rings. The van der Waals surface area contributed by atoms with E-state index < -0.39 is 12.1 Å². The number of rotatable bonds is 6. The quantitative estimate of drug-likeness (QED) is 0.426. The number of carbonyl (C=O) groups is 2. The number of hydrogen-bond acceptors (Lipinski definition) is 4. The zero-order chi connectivity index (χ0) is 16.5. The van der Waals surface area contributed by atoms with Crippen LogP contribution in [-0.2, 0) is 16.1 Å². The normalized spacial score (nSPS) is 16.4. The lowest BCUT2D eigenvalue weighted by Gasteiger charge is -2.26. The Morgan fingerprint density at radius 1 is 1.17 bits per heavy atom. The first-order valence-corrected chi connectivity index (χ1v) is 8.16. The maximum atomic E-state index is 11.9. The summed E-state index contributed by atoms with van der Waals surface area (Å²) in [7, 11) is 0. The van der Waals surface area contributed by atoms with Crippen LogP contribution in [0.3, 0.4) is 0 Å². The number of amides is 2. The van der Waals surface area contributed by atoms with Crippen molar-refractivity contribution in [3.63, 3.8) is 0 Å². The molecule has 0 bridgehead atoms. The molecule has 0 saturated heterocycles. The van der Waals surface area contributed by atoms with E-state index in [0.29, 0.717) is 12.3 Å². The van der Waals surface area contributed by atoms with Gasteiger partial charge in [-0.2, -0.15) is 0 Å². The molecule has 126 valence electrons. The van der Waals surface area contributed by atoms with Crippen LogP contribution < -0.4 is 16.6 Å². The van der Waals surface area contributed by atoms with Crippen molar-refractivity contribution >= 4 is 12.0 Å². The number of ether oxygens (including phenoxy) is 1. The molecule has 6 heteroatoms. The van der Waals surface area contributed by atoms with Crippen molar-refractivity contribution in [3.8, 4) is 0 Å². The van der Waals surface area contributed by atoms with Crippen LogP contribution in [0.15, 0.2) is 30.3 Å². The standard InChI is InChI=1S/C17H25N3O3/c18-20-16(21)15(11-13-7-3-1-4-8-13)19-17(22)23-12-14-9-5-2-6-10-14/h2,5-6,9-10,13,15H,1,3-4,7-8,11-12,18H2,(H,19,22)(H,20,21). The largest absolute Gasteiger partial charge is 0.445 e. The maximum Gasteiger partial charge on any atom is 0.408 e. The highest BCUT2D eigenvalue weighted by molar-refractivity contribution is 5.85. The fourth-order valence-electron chi connectivity index (χ4n) is 3.00. The lowest BCUT2D eigenvalue weighted by atomic mass is 9.84. The van der Waals surface area contributed by atoms with E-state index in [1.54, 1.807) is 0 Å². The van der Waals surface area contributed by atoms with Crippen LogP contribution in [0.2, 0.25) is 0 Å². The number of benzene rings is 1. The summed E-state index contributed by atoms with van der Waals surface area (Å²) in [4.78, 5) is 23.8. The van der Waals surface area contributed by atoms with Gasteiger partial charge in [0.05, 0.1) is 0 Å². The topological polar surface area (TPSA) is 93.5 Å². The summed E-state index contributed by atoms with van der Waals surface area (Å²) in [6.07, 6.45) is 5.79. The van der Waals surface area contributed by atoms with E-state index >= 15 is 0 Å². The Bertz CT molecular complexity index is 501. The van der Waals surface area contributed by atoms with Gasteiger partial charge in [0.2, 0.25) is 0 Å². The van der Waals surface area contributed by atoms with Crippen LogP contribution in [0.4, 0.5) is 4.79 Å². The van der Waals surface area contributed by atoms with E-state index in [1.165, 1.54) is 19.3 Å². The first kappa shape index (κ1) is 17.3. The molecule has 1 aromatic carbocycles. The lowest BCUT2D eigenvalue weighted by molar-refractivity contribution is -0.123. The predicted octanol–water partition coefficient (Wildman–Crippen LogP) is 2.24. The summed E-state index contributed by atoms with van der Waals surface area (Å²) in [6, 6.07) is 8.76. The van der Waals surface area contributed by atoms with Crippen molar-refractivity contribution in [3.05, 3.63) is 35.9 Å². The molecule has 0 radical (unpaired) electrons. The molecule has 23 heavy (non-hydrogen) atoms. The van der Waals surface area contributed by atoms with Gasteiger partial charge in [0.15, 0.2) is 0 Å². The van der Waals surface area contributed by atoms with Crippen molar-refractivity contribution in [1.29, 1.82) is 0 Å². The van der Waals surface area contributed by atoms with Gasteiger partial charge in [-0.3, -0.25) is 10.2 Å². The third kappa shape index (κ3) is 5.90. The third-order valence-corrected chi connectivity index (χ3v) is 4.26. The van der Waals surface area contributed by atoms with Gasteiger partial charge in [0.1, 0.15) is 12.6 Å². The van der Waals surface area contributed by atoms with Crippen LogP contribution in [0, 0.1) is 5.92 Å². The Kier molecular flexibility index (Phi) is 6.87. The van der Waals surface area contributed by atoms with Crippen LogP contribution in [0.5, 0.6) is 0 Å². The van der Waals surface area contributed by atoms with E-state index in [9.17, 15) is 9.59 Å². The van der Waals surface area contributed by atoms with Gasteiger partial charge >= 0.3 is 6.09 Å². The monoisotopic (exact) mass is 319 g/mol. The molecular weight excluding hydrogens is 294 g/mol. The average molecular weight is 319 g/mol. The van der Waals surface area contributed by atoms with Crippen molar-refractivity contribution < 1.29 is 14.3 Å². The highest BCUT2D eigenvalue weighted by atomic mass is 16.5. The lowest BCUT2D eigenvalue weighted by Crippen LogP contribution is -2.49. The first-order valence-electron chi connectivity index (χ1n) is 8.16. The Morgan fingerprint density at radius 2 is 1.87 bits per heavy atom. The Labute approximate surface area is 136 Å². The Morgan fingerprint density at radius 3 is 2.52 bits per heavy atom. The summed E-state index contributed by atoms with van der Waals surface area (Å²) in [6.45, 7) is 0.174. The Hall–Kier alpha value is -2.08. The zero-order valence-electron chi connectivity index (χ0n) is 13.3. The van der Waals surface area contributed by atoms with Crippen LogP contribution in [0.25, 0.3) is 0 Å². The summed E-state index contributed by atoms with van der Waals surface area (Å²) in [5.74, 6) is 5.29. The summed E-state index contributed by atoms with van der Waals surface area (Å²) in [5.41, 5.74) is 3.02. The van der Waals surface area contributed by atoms with Crippen molar-refractivity contribution in [2.45, 2.75) is 51.2 Å². The Balaban J connectivity index is 1.83. The summed E-state index contributed by atoms with van der Waals surface area (Å²) < 4.78 is 5.17. The van der Waals surface area contributed by atoms with Crippen molar-refractivity contribution in [2.75, 3.05) is 0 Å². The molecule has 0 heterocycles. The number of hydrazine groups is 1. The third-order valence-electron chi connectivity index (χ3n) is 4.26. The summed E-state index contributed by atoms with van der Waals surface area (Å²) >= 11 is 0. The molecule has 1 aliphatic carbocycles. The smallest absolute Gasteiger partial charge is 0.408 e. The minimum absolute atomic E-state index is 0.174. The molecule has 0 aliphatic heterocycles. The predicted molar refractivity (Wildman–Crippen MR) is 87.1 cm³/mol. The van der Waals surface area contributed by atoms with Gasteiger partial charge in [-0.05, 0) is 17.9 Å². The van der Waals surface area contributed by atoms with E-state index in [2.05, 4.69) is 10.7 Å². The van der Waals surface area contributed by atoms with Gasteiger partial charge in [-0.1, -0.05) is 62.4 Å². The number of carbonyl (C=O) groups excluding carboxylic acids is 2. The van der Waals surface area contributed by atoms with E-state index in [0.717, 1.165) is 18.4 Å². The number of alkyl carbamates (subject to hydrolysis) is 1. The van der Waals surface area contributed by atoms with Gasteiger partial charge in [0.25, 0.3) is 5.91 Å². The molecule has 1 aromatic rings. The number of nitrogens with two attached hydrogens (primary N) is 1. The molecule has 0 aromatic heterocycles. The molecule has 2 rings (SSSR count). The second kappa shape index (κ2) is 9.15. The van der Waals surface area contributed by atoms with Gasteiger partial charge < -0.3 is 10.1 Å². The number of hydrogen-bond donors (Lipinski definition) is 3. The van der Waals surface area contributed by atoms with Gasteiger partial charge in [-0.15, -0.1) is 0 Å². The molecule has 1 atom stereocenters. The van der Waals surface area contributed by atoms with E-state index in [4.69, 9.17) is 10.6 Å². The highest BCUT2D eigenvalue weighted by Crippen LogP contribution is 2.27. The fraction of sp³-hybridized carbons (Fsp3) is 0.529. The summed E-state index contributed by atoms with van der Waals surface area (Å²) in [5, 5.41) is 2.63. The van der Waals surface area contributed by atoms with Crippen molar-refractivity contribution in [1.82, 2.24) is 10.7 Å². The van der Waals surface area contributed by atoms with Crippen molar-refractivity contribution in [2.24, 2.45) is 11.8 Å². The molecule has 0 spiro atoms. The molecule has 2 amide bonds. The van der Waals surface area contributed by atoms with Crippen LogP contribution in [-0.4, -0.2) is 18.0 Å².